The van der Waals surface area contributed by atoms with Gasteiger partial charge in [-0.05, 0) is 11.8 Å². The molecule has 17 heavy (non-hydrogen) atoms. The van der Waals surface area contributed by atoms with Gasteiger partial charge in [-0.25, -0.2) is 4.79 Å². The predicted octanol–water partition coefficient (Wildman–Crippen LogP) is 1.32. The molecule has 2 amide bonds. The van der Waals surface area contributed by atoms with E-state index in [1.54, 1.807) is 18.1 Å². The van der Waals surface area contributed by atoms with E-state index >= 15 is 0 Å². The number of hydrogen-bond acceptors (Lipinski definition) is 4. The van der Waals surface area contributed by atoms with E-state index in [0.717, 1.165) is 10.7 Å². The highest BCUT2D eigenvalue weighted by Crippen LogP contribution is 2.24. The fourth-order valence-corrected chi connectivity index (χ4v) is 2.32. The van der Waals surface area contributed by atoms with Gasteiger partial charge < -0.3 is 0 Å². The maximum Gasteiger partial charge on any atom is 0.246 e. The number of rotatable bonds is 5. The molecule has 0 aliphatic carbocycles. The number of likely N-dealkylation sites (tertiary alicyclic amines) is 1. The Balaban J connectivity index is 2.62. The summed E-state index contributed by atoms with van der Waals surface area (Å²) in [5.74, 6) is 2.05. The van der Waals surface area contributed by atoms with Crippen molar-refractivity contribution < 1.29 is 14.4 Å². The maximum absolute atomic E-state index is 11.8. The van der Waals surface area contributed by atoms with Crippen molar-refractivity contribution in [1.29, 1.82) is 0 Å². The van der Waals surface area contributed by atoms with Gasteiger partial charge in [0.05, 0.1) is 5.25 Å². The van der Waals surface area contributed by atoms with Crippen molar-refractivity contribution in [2.45, 2.75) is 18.6 Å². The molecular weight excluding hydrogens is 238 g/mol. The molecule has 1 saturated heterocycles. The molecule has 5 heteroatoms. The van der Waals surface area contributed by atoms with Crippen LogP contribution in [0.5, 0.6) is 0 Å². The second kappa shape index (κ2) is 6.89. The van der Waals surface area contributed by atoms with Gasteiger partial charge in [-0.1, -0.05) is 19.1 Å². The van der Waals surface area contributed by atoms with E-state index in [1.165, 1.54) is 30.1 Å². The van der Waals surface area contributed by atoms with E-state index in [2.05, 4.69) is 0 Å². The first-order chi connectivity index (χ1) is 8.20. The van der Waals surface area contributed by atoms with Gasteiger partial charge in [-0.3, -0.25) is 14.5 Å². The highest BCUT2D eigenvalue weighted by molar-refractivity contribution is 8.00. The van der Waals surface area contributed by atoms with E-state index in [-0.39, 0.29) is 23.5 Å². The topological polar surface area (TPSA) is 54.5 Å². The van der Waals surface area contributed by atoms with Gasteiger partial charge in [-0.15, -0.1) is 11.8 Å². The van der Waals surface area contributed by atoms with Crippen LogP contribution >= 0.6 is 11.8 Å². The first-order valence-electron chi connectivity index (χ1n) is 5.22. The lowest BCUT2D eigenvalue weighted by Crippen LogP contribution is -2.25. The average molecular weight is 251 g/mol. The quantitative estimate of drug-likeness (QED) is 0.420. The second-order valence-corrected chi connectivity index (χ2v) is 4.74. The SMILES string of the molecule is CCSC1CC(=O)N(/C=C/C=C/C=C=O)C1=O. The molecule has 0 spiro atoms. The molecule has 1 atom stereocenters. The van der Waals surface area contributed by atoms with E-state index in [0.29, 0.717) is 0 Å². The molecule has 0 saturated carbocycles. The molecule has 1 aliphatic heterocycles. The lowest BCUT2D eigenvalue weighted by molar-refractivity contribution is -0.134. The van der Waals surface area contributed by atoms with Crippen molar-refractivity contribution >= 4 is 29.5 Å². The first-order valence-corrected chi connectivity index (χ1v) is 6.27. The molecule has 1 fully saturated rings. The number of imide groups is 1. The predicted molar refractivity (Wildman–Crippen MR) is 66.9 cm³/mol. The number of carbonyl (C=O) groups is 2. The zero-order valence-electron chi connectivity index (χ0n) is 9.46. The molecule has 0 aromatic carbocycles. The summed E-state index contributed by atoms with van der Waals surface area (Å²) < 4.78 is 0. The molecule has 1 heterocycles. The van der Waals surface area contributed by atoms with Crippen LogP contribution in [-0.2, 0) is 14.4 Å². The zero-order chi connectivity index (χ0) is 12.7. The minimum atomic E-state index is -0.254. The summed E-state index contributed by atoms with van der Waals surface area (Å²) in [5.41, 5.74) is 0. The lowest BCUT2D eigenvalue weighted by Gasteiger charge is -2.08. The Morgan fingerprint density at radius 3 is 2.82 bits per heavy atom. The standard InChI is InChI=1S/C12H13NO3S/c1-2-17-10-9-11(15)13(12(10)16)7-5-3-4-6-8-14/h3-7,10H,2,9H2,1H3/b4-3+,7-5+. The lowest BCUT2D eigenvalue weighted by atomic mass is 10.4. The maximum atomic E-state index is 11.8. The number of hydrogen-bond donors (Lipinski definition) is 0. The molecule has 1 aliphatic rings. The van der Waals surface area contributed by atoms with Gasteiger partial charge in [0.1, 0.15) is 5.94 Å². The van der Waals surface area contributed by atoms with E-state index < -0.39 is 0 Å². The second-order valence-electron chi connectivity index (χ2n) is 3.26. The largest absolute Gasteiger partial charge is 0.274 e. The molecule has 4 nitrogen and oxygen atoms in total. The van der Waals surface area contributed by atoms with Crippen molar-refractivity contribution in [2.24, 2.45) is 0 Å². The Kier molecular flexibility index (Phi) is 5.46. The third-order valence-corrected chi connectivity index (χ3v) is 3.24. The number of thioether (sulfide) groups is 1. The van der Waals surface area contributed by atoms with Gasteiger partial charge in [0.25, 0.3) is 0 Å². The fraction of sp³-hybridized carbons (Fsp3) is 0.333. The Bertz CT molecular complexity index is 408. The monoisotopic (exact) mass is 251 g/mol. The van der Waals surface area contributed by atoms with Gasteiger partial charge >= 0.3 is 0 Å². The molecule has 0 aromatic rings. The normalized spacial score (nSPS) is 20.5. The Hall–Kier alpha value is -1.58. The van der Waals surface area contributed by atoms with Crippen molar-refractivity contribution in [1.82, 2.24) is 4.90 Å². The summed E-state index contributed by atoms with van der Waals surface area (Å²) in [7, 11) is 0. The molecule has 0 bridgehead atoms. The zero-order valence-corrected chi connectivity index (χ0v) is 10.3. The number of allylic oxidation sites excluding steroid dienone is 4. The summed E-state index contributed by atoms with van der Waals surface area (Å²) in [6.07, 6.45) is 7.48. The third-order valence-electron chi connectivity index (χ3n) is 2.13. The van der Waals surface area contributed by atoms with Gasteiger partial charge in [0.2, 0.25) is 11.8 Å². The van der Waals surface area contributed by atoms with E-state index in [9.17, 15) is 14.4 Å². The van der Waals surface area contributed by atoms with E-state index in [4.69, 9.17) is 0 Å². The molecule has 0 N–H and O–H groups in total. The van der Waals surface area contributed by atoms with Crippen LogP contribution in [0.15, 0.2) is 30.5 Å². The van der Waals surface area contributed by atoms with Crippen molar-refractivity contribution in [3.8, 4) is 0 Å². The van der Waals surface area contributed by atoms with Crippen LogP contribution in [0.3, 0.4) is 0 Å². The fourth-order valence-electron chi connectivity index (χ4n) is 1.41. The van der Waals surface area contributed by atoms with Crippen molar-refractivity contribution in [3.63, 3.8) is 0 Å². The number of nitrogens with zero attached hydrogens (tertiary/aromatic N) is 1. The molecule has 0 aromatic heterocycles. The van der Waals surface area contributed by atoms with Crippen molar-refractivity contribution in [2.75, 3.05) is 5.75 Å². The smallest absolute Gasteiger partial charge is 0.246 e. The van der Waals surface area contributed by atoms with Crippen LogP contribution < -0.4 is 0 Å². The van der Waals surface area contributed by atoms with Crippen LogP contribution in [0.1, 0.15) is 13.3 Å². The van der Waals surface area contributed by atoms with Crippen molar-refractivity contribution in [3.05, 3.63) is 30.5 Å². The van der Waals surface area contributed by atoms with Crippen LogP contribution in [0, 0.1) is 0 Å². The van der Waals surface area contributed by atoms with Gasteiger partial charge in [0.15, 0.2) is 0 Å². The number of amides is 2. The molecule has 0 radical (unpaired) electrons. The molecule has 1 unspecified atom stereocenters. The summed E-state index contributed by atoms with van der Waals surface area (Å²) in [5, 5.41) is -0.254. The van der Waals surface area contributed by atoms with Crippen LogP contribution in [0.25, 0.3) is 0 Å². The minimum absolute atomic E-state index is 0.169. The summed E-state index contributed by atoms with van der Waals surface area (Å²) in [4.78, 5) is 34.3. The van der Waals surface area contributed by atoms with Gasteiger partial charge in [0, 0.05) is 18.7 Å². The highest BCUT2D eigenvalue weighted by Gasteiger charge is 2.36. The first kappa shape index (κ1) is 13.5. The Morgan fingerprint density at radius 2 is 2.18 bits per heavy atom. The van der Waals surface area contributed by atoms with Gasteiger partial charge in [-0.2, -0.15) is 0 Å². The molecule has 90 valence electrons. The summed E-state index contributed by atoms with van der Waals surface area (Å²) in [6.45, 7) is 1.95. The summed E-state index contributed by atoms with van der Waals surface area (Å²) in [6, 6.07) is 0. The number of carbonyl (C=O) groups excluding carboxylic acids is 3. The van der Waals surface area contributed by atoms with Crippen LogP contribution in [0.2, 0.25) is 0 Å². The Morgan fingerprint density at radius 1 is 1.41 bits per heavy atom. The van der Waals surface area contributed by atoms with Crippen LogP contribution in [-0.4, -0.2) is 33.7 Å². The average Bonchev–Trinajstić information content (AvgIpc) is 2.56. The Labute approximate surface area is 104 Å². The van der Waals surface area contributed by atoms with E-state index in [1.807, 2.05) is 6.92 Å². The third kappa shape index (κ3) is 3.73. The highest BCUT2D eigenvalue weighted by atomic mass is 32.2. The minimum Gasteiger partial charge on any atom is -0.274 e. The molecular formula is C12H13NO3S. The van der Waals surface area contributed by atoms with Crippen LogP contribution in [0.4, 0.5) is 0 Å². The molecule has 1 rings (SSSR count). The summed E-state index contributed by atoms with van der Waals surface area (Å²) >= 11 is 1.48.